The standard InChI is InChI=1S/C10H16ClF2NO3/c1-4-17-8(15)7(5-6(2)3)14-9(16)10(11,12)13/h6-7H,4-5H2,1-3H3,(H,14,16). The van der Waals surface area contributed by atoms with Gasteiger partial charge in [0, 0.05) is 0 Å². The fourth-order valence-corrected chi connectivity index (χ4v) is 1.22. The van der Waals surface area contributed by atoms with Crippen LogP contribution in [-0.4, -0.2) is 29.9 Å². The molecule has 1 atom stereocenters. The molecule has 1 unspecified atom stereocenters. The SMILES string of the molecule is CCOC(=O)C(CC(C)C)NC(=O)C(F)(F)Cl. The van der Waals surface area contributed by atoms with Crippen LogP contribution in [0.5, 0.6) is 0 Å². The molecule has 0 fully saturated rings. The molecule has 0 aliphatic carbocycles. The maximum absolute atomic E-state index is 12.5. The van der Waals surface area contributed by atoms with E-state index in [9.17, 15) is 18.4 Å². The van der Waals surface area contributed by atoms with E-state index in [0.717, 1.165) is 0 Å². The topological polar surface area (TPSA) is 55.4 Å². The van der Waals surface area contributed by atoms with Gasteiger partial charge in [0.15, 0.2) is 0 Å². The Balaban J connectivity index is 4.60. The number of carbonyl (C=O) groups is 2. The first kappa shape index (κ1) is 16.1. The van der Waals surface area contributed by atoms with Crippen LogP contribution in [0.3, 0.4) is 0 Å². The van der Waals surface area contributed by atoms with Crippen LogP contribution in [0.2, 0.25) is 0 Å². The quantitative estimate of drug-likeness (QED) is 0.593. The summed E-state index contributed by atoms with van der Waals surface area (Å²) >= 11 is 4.55. The Morgan fingerprint density at radius 2 is 1.94 bits per heavy atom. The van der Waals surface area contributed by atoms with Gasteiger partial charge in [-0.15, -0.1) is 0 Å². The summed E-state index contributed by atoms with van der Waals surface area (Å²) in [4.78, 5) is 22.4. The smallest absolute Gasteiger partial charge is 0.399 e. The van der Waals surface area contributed by atoms with Gasteiger partial charge in [-0.2, -0.15) is 8.78 Å². The zero-order chi connectivity index (χ0) is 13.6. The number of alkyl halides is 3. The molecule has 100 valence electrons. The van der Waals surface area contributed by atoms with Crippen LogP contribution in [0.15, 0.2) is 0 Å². The lowest BCUT2D eigenvalue weighted by atomic mass is 10.0. The highest BCUT2D eigenvalue weighted by Gasteiger charge is 2.38. The number of halogens is 3. The largest absolute Gasteiger partial charge is 0.464 e. The number of hydrogen-bond acceptors (Lipinski definition) is 3. The molecule has 7 heteroatoms. The Bertz CT molecular complexity index is 279. The summed E-state index contributed by atoms with van der Waals surface area (Å²) in [6.07, 6.45) is 0.206. The Labute approximate surface area is 104 Å². The van der Waals surface area contributed by atoms with Crippen LogP contribution in [0.25, 0.3) is 0 Å². The zero-order valence-electron chi connectivity index (χ0n) is 9.93. The van der Waals surface area contributed by atoms with E-state index in [0.29, 0.717) is 0 Å². The van der Waals surface area contributed by atoms with Crippen molar-refractivity contribution in [2.75, 3.05) is 6.61 Å². The van der Waals surface area contributed by atoms with Crippen LogP contribution >= 0.6 is 11.6 Å². The van der Waals surface area contributed by atoms with Crippen LogP contribution in [-0.2, 0) is 14.3 Å². The maximum atomic E-state index is 12.5. The number of rotatable bonds is 6. The van der Waals surface area contributed by atoms with E-state index in [4.69, 9.17) is 0 Å². The minimum absolute atomic E-state index is 0.0358. The normalized spacial score (nSPS) is 13.4. The highest BCUT2D eigenvalue weighted by atomic mass is 35.5. The summed E-state index contributed by atoms with van der Waals surface area (Å²) < 4.78 is 29.6. The lowest BCUT2D eigenvalue weighted by Gasteiger charge is -2.20. The van der Waals surface area contributed by atoms with Gasteiger partial charge in [-0.05, 0) is 30.9 Å². The van der Waals surface area contributed by atoms with Crippen molar-refractivity contribution in [3.05, 3.63) is 0 Å². The lowest BCUT2D eigenvalue weighted by molar-refractivity contribution is -0.150. The minimum atomic E-state index is -4.03. The van der Waals surface area contributed by atoms with Crippen LogP contribution in [0, 0.1) is 5.92 Å². The van der Waals surface area contributed by atoms with E-state index in [1.165, 1.54) is 0 Å². The predicted octanol–water partition coefficient (Wildman–Crippen LogP) is 1.91. The van der Waals surface area contributed by atoms with E-state index in [2.05, 4.69) is 16.3 Å². The summed E-state index contributed by atoms with van der Waals surface area (Å²) in [7, 11) is 0. The molecule has 0 aliphatic heterocycles. The second-order valence-electron chi connectivity index (χ2n) is 3.91. The third-order valence-electron chi connectivity index (χ3n) is 1.84. The maximum Gasteiger partial charge on any atom is 0.399 e. The fourth-order valence-electron chi connectivity index (χ4n) is 1.17. The van der Waals surface area contributed by atoms with E-state index in [-0.39, 0.29) is 18.9 Å². The van der Waals surface area contributed by atoms with Crippen molar-refractivity contribution in [2.24, 2.45) is 5.92 Å². The van der Waals surface area contributed by atoms with Crippen molar-refractivity contribution in [1.29, 1.82) is 0 Å². The number of amides is 1. The van der Waals surface area contributed by atoms with E-state index in [1.807, 2.05) is 5.32 Å². The zero-order valence-corrected chi connectivity index (χ0v) is 10.7. The second kappa shape index (κ2) is 6.74. The lowest BCUT2D eigenvalue weighted by Crippen LogP contribution is -2.47. The first-order valence-corrected chi connectivity index (χ1v) is 5.60. The molecule has 0 aromatic heterocycles. The molecular weight excluding hydrogens is 256 g/mol. The number of ether oxygens (including phenoxy) is 1. The number of esters is 1. The highest BCUT2D eigenvalue weighted by molar-refractivity contribution is 6.32. The van der Waals surface area contributed by atoms with Gasteiger partial charge in [0.05, 0.1) is 6.61 Å². The molecule has 1 N–H and O–H groups in total. The minimum Gasteiger partial charge on any atom is -0.464 e. The van der Waals surface area contributed by atoms with Gasteiger partial charge in [-0.1, -0.05) is 13.8 Å². The van der Waals surface area contributed by atoms with Gasteiger partial charge in [-0.3, -0.25) is 4.79 Å². The average Bonchev–Trinajstić information content (AvgIpc) is 2.14. The average molecular weight is 272 g/mol. The summed E-state index contributed by atoms with van der Waals surface area (Å²) in [6.45, 7) is 5.28. The third kappa shape index (κ3) is 6.41. The Hall–Kier alpha value is -0.910. The van der Waals surface area contributed by atoms with E-state index >= 15 is 0 Å². The Kier molecular flexibility index (Phi) is 6.37. The van der Waals surface area contributed by atoms with Gasteiger partial charge in [-0.25, -0.2) is 4.79 Å². The van der Waals surface area contributed by atoms with E-state index in [1.54, 1.807) is 20.8 Å². The van der Waals surface area contributed by atoms with Gasteiger partial charge in [0.2, 0.25) is 0 Å². The van der Waals surface area contributed by atoms with E-state index < -0.39 is 23.3 Å². The van der Waals surface area contributed by atoms with Crippen LogP contribution < -0.4 is 5.32 Å². The van der Waals surface area contributed by atoms with Crippen molar-refractivity contribution < 1.29 is 23.1 Å². The molecule has 0 heterocycles. The Morgan fingerprint density at radius 3 is 2.29 bits per heavy atom. The number of carbonyl (C=O) groups excluding carboxylic acids is 2. The first-order chi connectivity index (χ1) is 7.68. The molecule has 0 rings (SSSR count). The molecule has 0 aromatic rings. The molecule has 4 nitrogen and oxygen atoms in total. The Morgan fingerprint density at radius 1 is 1.41 bits per heavy atom. The van der Waals surface area contributed by atoms with Crippen molar-refractivity contribution in [2.45, 2.75) is 38.6 Å². The molecular formula is C10H16ClF2NO3. The highest BCUT2D eigenvalue weighted by Crippen LogP contribution is 2.19. The predicted molar refractivity (Wildman–Crippen MR) is 58.8 cm³/mol. The molecule has 1 amide bonds. The summed E-state index contributed by atoms with van der Waals surface area (Å²) in [6, 6.07) is -1.10. The monoisotopic (exact) mass is 271 g/mol. The molecule has 17 heavy (non-hydrogen) atoms. The van der Waals surface area contributed by atoms with Crippen LogP contribution in [0.1, 0.15) is 27.2 Å². The summed E-state index contributed by atoms with van der Waals surface area (Å²) in [5, 5.41) is -2.15. The summed E-state index contributed by atoms with van der Waals surface area (Å²) in [5.74, 6) is -2.40. The van der Waals surface area contributed by atoms with Crippen LogP contribution in [0.4, 0.5) is 8.78 Å². The van der Waals surface area contributed by atoms with Gasteiger partial charge >= 0.3 is 17.3 Å². The fraction of sp³-hybridized carbons (Fsp3) is 0.800. The van der Waals surface area contributed by atoms with Crippen molar-refractivity contribution >= 4 is 23.5 Å². The first-order valence-electron chi connectivity index (χ1n) is 5.22. The number of nitrogens with one attached hydrogen (secondary N) is 1. The molecule has 0 spiro atoms. The molecule has 0 saturated heterocycles. The van der Waals surface area contributed by atoms with Crippen molar-refractivity contribution in [3.8, 4) is 0 Å². The van der Waals surface area contributed by atoms with Gasteiger partial charge in [0.25, 0.3) is 0 Å². The summed E-state index contributed by atoms with van der Waals surface area (Å²) in [5.41, 5.74) is 0. The van der Waals surface area contributed by atoms with Crippen molar-refractivity contribution in [1.82, 2.24) is 5.32 Å². The third-order valence-corrected chi connectivity index (χ3v) is 2.01. The second-order valence-corrected chi connectivity index (χ2v) is 4.38. The van der Waals surface area contributed by atoms with Gasteiger partial charge in [0.1, 0.15) is 6.04 Å². The van der Waals surface area contributed by atoms with Gasteiger partial charge < -0.3 is 10.1 Å². The number of hydrogen-bond donors (Lipinski definition) is 1. The molecule has 0 aliphatic rings. The van der Waals surface area contributed by atoms with Crippen molar-refractivity contribution in [3.63, 3.8) is 0 Å². The molecule has 0 aromatic carbocycles. The molecule has 0 saturated carbocycles. The molecule has 0 bridgehead atoms. The molecule has 0 radical (unpaired) electrons.